The largest absolute Gasteiger partial charge is 0.493 e. The molecule has 0 spiro atoms. The third kappa shape index (κ3) is 5.73. The Bertz CT molecular complexity index is 1050. The molecule has 0 unspecified atom stereocenters. The summed E-state index contributed by atoms with van der Waals surface area (Å²) in [5.41, 5.74) is 14.5. The quantitative estimate of drug-likeness (QED) is 0.489. The summed E-state index contributed by atoms with van der Waals surface area (Å²) in [7, 11) is 0. The zero-order valence-corrected chi connectivity index (χ0v) is 20.0. The Morgan fingerprint density at radius 2 is 1.76 bits per heavy atom. The summed E-state index contributed by atoms with van der Waals surface area (Å²) >= 11 is 1.78. The van der Waals surface area contributed by atoms with Gasteiger partial charge in [-0.3, -0.25) is 4.90 Å². The molecule has 0 saturated carbocycles. The van der Waals surface area contributed by atoms with Crippen molar-refractivity contribution < 1.29 is 14.2 Å². The molecule has 1 aromatic carbocycles. The van der Waals surface area contributed by atoms with Crippen molar-refractivity contribution in [2.24, 2.45) is 0 Å². The Labute approximate surface area is 198 Å². The van der Waals surface area contributed by atoms with Crippen LogP contribution in [0.2, 0.25) is 0 Å². The van der Waals surface area contributed by atoms with Crippen LogP contribution in [0.5, 0.6) is 11.5 Å². The smallest absolute Gasteiger partial charge is 0.221 e. The lowest BCUT2D eigenvalue weighted by atomic mass is 10.0. The van der Waals surface area contributed by atoms with E-state index in [1.165, 1.54) is 4.88 Å². The number of anilines is 2. The number of thiophene rings is 1. The summed E-state index contributed by atoms with van der Waals surface area (Å²) < 4.78 is 17.6. The van der Waals surface area contributed by atoms with Gasteiger partial charge >= 0.3 is 0 Å². The van der Waals surface area contributed by atoms with Crippen LogP contribution >= 0.6 is 11.3 Å². The number of nitrogen functional groups attached to an aromatic ring is 2. The molecule has 1 fully saturated rings. The van der Waals surface area contributed by atoms with E-state index in [2.05, 4.69) is 39.1 Å². The molecular formula is C24H31N5O3S. The average molecular weight is 470 g/mol. The van der Waals surface area contributed by atoms with Gasteiger partial charge in [-0.2, -0.15) is 4.98 Å². The van der Waals surface area contributed by atoms with E-state index in [0.717, 1.165) is 65.9 Å². The molecule has 0 amide bonds. The van der Waals surface area contributed by atoms with Gasteiger partial charge in [0.05, 0.1) is 32.0 Å². The summed E-state index contributed by atoms with van der Waals surface area (Å²) in [4.78, 5) is 13.0. The summed E-state index contributed by atoms with van der Waals surface area (Å²) in [6, 6.07) is 8.46. The van der Waals surface area contributed by atoms with E-state index in [1.54, 1.807) is 17.5 Å². The predicted molar refractivity (Wildman–Crippen MR) is 132 cm³/mol. The summed E-state index contributed by atoms with van der Waals surface area (Å²) in [6.45, 7) is 9.54. The molecule has 4 rings (SSSR count). The Morgan fingerprint density at radius 1 is 1.06 bits per heavy atom. The number of ether oxygens (including phenoxy) is 3. The van der Waals surface area contributed by atoms with Crippen molar-refractivity contribution in [1.82, 2.24) is 14.9 Å². The molecule has 8 nitrogen and oxygen atoms in total. The van der Waals surface area contributed by atoms with Gasteiger partial charge in [-0.05, 0) is 43.7 Å². The van der Waals surface area contributed by atoms with Gasteiger partial charge in [0.1, 0.15) is 17.3 Å². The Hall–Kier alpha value is -2.88. The normalized spacial score (nSPS) is 14.4. The van der Waals surface area contributed by atoms with Gasteiger partial charge in [-0.25, -0.2) is 4.98 Å². The second-order valence-corrected chi connectivity index (χ2v) is 8.97. The lowest BCUT2D eigenvalue weighted by molar-refractivity contribution is 0.0346. The molecule has 3 heterocycles. The fourth-order valence-electron chi connectivity index (χ4n) is 3.90. The monoisotopic (exact) mass is 469 g/mol. The second-order valence-electron chi connectivity index (χ2n) is 7.80. The Morgan fingerprint density at radius 3 is 2.39 bits per heavy atom. The molecule has 0 aliphatic carbocycles. The van der Waals surface area contributed by atoms with Gasteiger partial charge in [0.25, 0.3) is 0 Å². The highest BCUT2D eigenvalue weighted by atomic mass is 32.1. The number of hydrogen-bond donors (Lipinski definition) is 2. The summed E-state index contributed by atoms with van der Waals surface area (Å²) in [5, 5.41) is 0. The maximum absolute atomic E-state index is 6.08. The first kappa shape index (κ1) is 23.3. The highest BCUT2D eigenvalue weighted by molar-refractivity contribution is 7.15. The van der Waals surface area contributed by atoms with Crippen molar-refractivity contribution in [2.75, 3.05) is 51.0 Å². The number of rotatable bonds is 9. The lowest BCUT2D eigenvalue weighted by Gasteiger charge is -2.25. The number of nitrogens with two attached hydrogens (primary N) is 2. The van der Waals surface area contributed by atoms with Crippen LogP contribution in [-0.2, 0) is 17.7 Å². The second kappa shape index (κ2) is 10.8. The van der Waals surface area contributed by atoms with Crippen LogP contribution in [0.15, 0.2) is 30.5 Å². The van der Waals surface area contributed by atoms with Crippen LogP contribution in [0.3, 0.4) is 0 Å². The molecule has 0 atom stereocenters. The molecule has 9 heteroatoms. The highest BCUT2D eigenvalue weighted by Gasteiger charge is 2.19. The average Bonchev–Trinajstić information content (AvgIpc) is 3.25. The van der Waals surface area contributed by atoms with Gasteiger partial charge in [0.15, 0.2) is 0 Å². The van der Waals surface area contributed by atoms with Crippen molar-refractivity contribution >= 4 is 23.1 Å². The topological polar surface area (TPSA) is 109 Å². The van der Waals surface area contributed by atoms with Gasteiger partial charge in [-0.15, -0.1) is 11.3 Å². The van der Waals surface area contributed by atoms with E-state index in [-0.39, 0.29) is 5.95 Å². The maximum Gasteiger partial charge on any atom is 0.221 e. The van der Waals surface area contributed by atoms with Crippen LogP contribution < -0.4 is 20.9 Å². The van der Waals surface area contributed by atoms with Crippen LogP contribution in [-0.4, -0.2) is 54.4 Å². The van der Waals surface area contributed by atoms with Crippen LogP contribution in [0.25, 0.3) is 10.4 Å². The first-order chi connectivity index (χ1) is 16.1. The number of morpholine rings is 1. The molecule has 3 aromatic rings. The van der Waals surface area contributed by atoms with Crippen molar-refractivity contribution in [3.63, 3.8) is 0 Å². The van der Waals surface area contributed by atoms with Crippen LogP contribution in [0.4, 0.5) is 11.8 Å². The van der Waals surface area contributed by atoms with Gasteiger partial charge in [-0.1, -0.05) is 0 Å². The molecular weight excluding hydrogens is 438 g/mol. The Balaban J connectivity index is 1.66. The van der Waals surface area contributed by atoms with E-state index in [9.17, 15) is 0 Å². The first-order valence-corrected chi connectivity index (χ1v) is 12.1. The molecule has 2 aromatic heterocycles. The van der Waals surface area contributed by atoms with E-state index >= 15 is 0 Å². The molecule has 0 radical (unpaired) electrons. The van der Waals surface area contributed by atoms with E-state index < -0.39 is 0 Å². The van der Waals surface area contributed by atoms with Crippen LogP contribution in [0.1, 0.15) is 29.9 Å². The zero-order chi connectivity index (χ0) is 23.2. The van der Waals surface area contributed by atoms with Crippen molar-refractivity contribution in [3.8, 4) is 21.9 Å². The number of aromatic nitrogens is 2. The first-order valence-electron chi connectivity index (χ1n) is 11.3. The van der Waals surface area contributed by atoms with Crippen LogP contribution in [0, 0.1) is 0 Å². The van der Waals surface area contributed by atoms with Gasteiger partial charge < -0.3 is 25.7 Å². The van der Waals surface area contributed by atoms with Crippen molar-refractivity contribution in [3.05, 3.63) is 46.5 Å². The summed E-state index contributed by atoms with van der Waals surface area (Å²) in [5.74, 6) is 2.15. The lowest BCUT2D eigenvalue weighted by Crippen LogP contribution is -2.35. The zero-order valence-electron chi connectivity index (χ0n) is 19.2. The minimum absolute atomic E-state index is 0.169. The summed E-state index contributed by atoms with van der Waals surface area (Å²) in [6.07, 6.45) is 2.22. The molecule has 4 N–H and O–H groups in total. The minimum Gasteiger partial charge on any atom is -0.493 e. The van der Waals surface area contributed by atoms with Gasteiger partial charge in [0, 0.05) is 47.6 Å². The highest BCUT2D eigenvalue weighted by Crippen LogP contribution is 2.43. The fourth-order valence-corrected chi connectivity index (χ4v) is 5.00. The van der Waals surface area contributed by atoms with E-state index in [1.807, 2.05) is 13.8 Å². The SMILES string of the molecule is CCOc1cc(Cc2cnc(N)nc2N)cc(OCC)c1-c1ccc(CN2CCOCC2)s1. The van der Waals surface area contributed by atoms with Gasteiger partial charge in [0.2, 0.25) is 5.95 Å². The molecule has 1 aliphatic rings. The number of nitrogens with zero attached hydrogens (tertiary/aromatic N) is 3. The Kier molecular flexibility index (Phi) is 7.64. The molecule has 0 bridgehead atoms. The van der Waals surface area contributed by atoms with E-state index in [0.29, 0.717) is 25.5 Å². The fraction of sp³-hybridized carbons (Fsp3) is 0.417. The number of hydrogen-bond acceptors (Lipinski definition) is 9. The molecule has 1 saturated heterocycles. The van der Waals surface area contributed by atoms with Crippen molar-refractivity contribution in [2.45, 2.75) is 26.8 Å². The third-order valence-corrected chi connectivity index (χ3v) is 6.52. The minimum atomic E-state index is 0.169. The standard InChI is InChI=1S/C24H31N5O3S/c1-3-31-19-12-16(11-17-14-27-24(26)28-23(17)25)13-20(32-4-2)22(19)21-6-5-18(33-21)15-29-7-9-30-10-8-29/h5-6,12-14H,3-4,7-11,15H2,1-2H3,(H4,25,26,27,28). The van der Waals surface area contributed by atoms with E-state index in [4.69, 9.17) is 25.7 Å². The molecule has 33 heavy (non-hydrogen) atoms. The predicted octanol–water partition coefficient (Wildman–Crippen LogP) is 3.59. The maximum atomic E-state index is 6.08. The molecule has 176 valence electrons. The van der Waals surface area contributed by atoms with Crippen molar-refractivity contribution in [1.29, 1.82) is 0 Å². The third-order valence-electron chi connectivity index (χ3n) is 5.43. The molecule has 1 aliphatic heterocycles. The number of benzene rings is 1.